The molecule has 7 nitrogen and oxygen atoms in total. The largest absolute Gasteiger partial charge is 0.493 e. The Balaban J connectivity index is 1.75. The number of benzene rings is 3. The third-order valence-corrected chi connectivity index (χ3v) is 5.62. The van der Waals surface area contributed by atoms with Crippen LogP contribution in [0, 0.1) is 18.3 Å². The Kier molecular flexibility index (Phi) is 8.90. The van der Waals surface area contributed by atoms with Gasteiger partial charge in [0.25, 0.3) is 11.8 Å². The quantitative estimate of drug-likeness (QED) is 0.263. The molecule has 0 fully saturated rings. The Bertz CT molecular complexity index is 1330. The number of para-hydroxylation sites is 1. The van der Waals surface area contributed by atoms with Gasteiger partial charge in [-0.2, -0.15) is 5.26 Å². The van der Waals surface area contributed by atoms with Gasteiger partial charge in [-0.3, -0.25) is 9.59 Å². The number of methoxy groups -OCH3 is 1. The Morgan fingerprint density at radius 3 is 2.57 bits per heavy atom. The molecule has 0 spiro atoms. The lowest BCUT2D eigenvalue weighted by molar-refractivity contribution is -0.118. The number of rotatable bonds is 8. The second-order valence-electron chi connectivity index (χ2n) is 7.34. The summed E-state index contributed by atoms with van der Waals surface area (Å²) in [6.07, 6.45) is 1.41. The van der Waals surface area contributed by atoms with Gasteiger partial charge in [-0.25, -0.2) is 0 Å². The van der Waals surface area contributed by atoms with Crippen LogP contribution in [0.3, 0.4) is 0 Å². The molecular formula is C26H21BrClN3O4. The van der Waals surface area contributed by atoms with Crippen molar-refractivity contribution >= 4 is 56.8 Å². The summed E-state index contributed by atoms with van der Waals surface area (Å²) in [5.41, 5.74) is 2.46. The minimum absolute atomic E-state index is 0.134. The summed E-state index contributed by atoms with van der Waals surface area (Å²) in [6.45, 7) is 1.68. The number of hydrogen-bond acceptors (Lipinski definition) is 5. The van der Waals surface area contributed by atoms with Crippen molar-refractivity contribution in [2.24, 2.45) is 0 Å². The highest BCUT2D eigenvalue weighted by Crippen LogP contribution is 2.37. The van der Waals surface area contributed by atoms with Gasteiger partial charge in [0.15, 0.2) is 18.1 Å². The topological polar surface area (TPSA) is 100 Å². The van der Waals surface area contributed by atoms with Crippen LogP contribution in [0.15, 0.2) is 70.7 Å². The zero-order valence-electron chi connectivity index (χ0n) is 18.9. The standard InChI is InChI=1S/C26H21BrClN3O4/c1-16-6-5-7-19(10-16)30-24(32)15-35-25-20(27)12-17(13-23(25)34-2)11-18(14-29)26(33)31-22-9-4-3-8-21(22)28/h3-13H,15H2,1-2H3,(H,30,32)(H,31,33)/b18-11+. The molecule has 0 aliphatic carbocycles. The molecule has 0 aliphatic rings. The number of carbonyl (C=O) groups excluding carboxylic acids is 2. The molecule has 0 aliphatic heterocycles. The molecular weight excluding hydrogens is 534 g/mol. The molecule has 2 amide bonds. The first-order valence-electron chi connectivity index (χ1n) is 10.3. The molecule has 0 unspecified atom stereocenters. The molecule has 0 bridgehead atoms. The lowest BCUT2D eigenvalue weighted by Crippen LogP contribution is -2.20. The number of ether oxygens (including phenoxy) is 2. The molecule has 0 heterocycles. The van der Waals surface area contributed by atoms with Crippen LogP contribution >= 0.6 is 27.5 Å². The number of carbonyl (C=O) groups is 2. The maximum atomic E-state index is 12.6. The summed E-state index contributed by atoms with van der Waals surface area (Å²) in [5, 5.41) is 15.3. The molecule has 178 valence electrons. The SMILES string of the molecule is COc1cc(/C=C(\C#N)C(=O)Nc2ccccc2Cl)cc(Br)c1OCC(=O)Nc1cccc(C)c1. The van der Waals surface area contributed by atoms with Crippen molar-refractivity contribution in [1.29, 1.82) is 5.26 Å². The zero-order valence-corrected chi connectivity index (χ0v) is 21.2. The van der Waals surface area contributed by atoms with E-state index in [0.29, 0.717) is 37.9 Å². The minimum atomic E-state index is -0.608. The van der Waals surface area contributed by atoms with E-state index in [1.165, 1.54) is 13.2 Å². The number of nitrogens with one attached hydrogen (secondary N) is 2. The van der Waals surface area contributed by atoms with Crippen LogP contribution in [0.2, 0.25) is 5.02 Å². The first-order valence-corrected chi connectivity index (χ1v) is 11.5. The molecule has 35 heavy (non-hydrogen) atoms. The summed E-state index contributed by atoms with van der Waals surface area (Å²) in [4.78, 5) is 24.9. The van der Waals surface area contributed by atoms with E-state index in [1.54, 1.807) is 42.5 Å². The van der Waals surface area contributed by atoms with E-state index >= 15 is 0 Å². The lowest BCUT2D eigenvalue weighted by Gasteiger charge is -2.14. The molecule has 0 saturated carbocycles. The predicted octanol–water partition coefficient (Wildman–Crippen LogP) is 5.98. The van der Waals surface area contributed by atoms with E-state index in [4.69, 9.17) is 21.1 Å². The van der Waals surface area contributed by atoms with Crippen molar-refractivity contribution < 1.29 is 19.1 Å². The Hall–Kier alpha value is -3.80. The minimum Gasteiger partial charge on any atom is -0.493 e. The van der Waals surface area contributed by atoms with Crippen LogP contribution in [0.5, 0.6) is 11.5 Å². The molecule has 0 atom stereocenters. The molecule has 0 saturated heterocycles. The Morgan fingerprint density at radius 2 is 1.89 bits per heavy atom. The maximum absolute atomic E-state index is 12.6. The number of anilines is 2. The molecule has 0 radical (unpaired) electrons. The van der Waals surface area contributed by atoms with Gasteiger partial charge in [-0.05, 0) is 76.5 Å². The van der Waals surface area contributed by atoms with Gasteiger partial charge in [0, 0.05) is 5.69 Å². The second kappa shape index (κ2) is 12.1. The first-order chi connectivity index (χ1) is 16.8. The number of nitrogens with zero attached hydrogens (tertiary/aromatic N) is 1. The van der Waals surface area contributed by atoms with Crippen LogP contribution in [-0.4, -0.2) is 25.5 Å². The third kappa shape index (κ3) is 7.09. The summed E-state index contributed by atoms with van der Waals surface area (Å²) >= 11 is 9.49. The normalized spacial score (nSPS) is 10.8. The van der Waals surface area contributed by atoms with Crippen molar-refractivity contribution in [2.75, 3.05) is 24.4 Å². The fourth-order valence-corrected chi connectivity index (χ4v) is 3.85. The fraction of sp³-hybridized carbons (Fsp3) is 0.115. The highest BCUT2D eigenvalue weighted by molar-refractivity contribution is 9.10. The molecule has 2 N–H and O–H groups in total. The van der Waals surface area contributed by atoms with E-state index in [1.807, 2.05) is 31.2 Å². The number of amides is 2. The van der Waals surface area contributed by atoms with Gasteiger partial charge >= 0.3 is 0 Å². The molecule has 0 aromatic heterocycles. The van der Waals surface area contributed by atoms with Crippen LogP contribution in [0.1, 0.15) is 11.1 Å². The van der Waals surface area contributed by atoms with Crippen LogP contribution in [-0.2, 0) is 9.59 Å². The fourth-order valence-electron chi connectivity index (χ4n) is 3.09. The molecule has 9 heteroatoms. The van der Waals surface area contributed by atoms with Crippen molar-refractivity contribution in [3.63, 3.8) is 0 Å². The molecule has 3 rings (SSSR count). The Labute approximate surface area is 216 Å². The number of hydrogen-bond donors (Lipinski definition) is 2. The average molecular weight is 555 g/mol. The molecule has 3 aromatic rings. The summed E-state index contributed by atoms with van der Waals surface area (Å²) in [7, 11) is 1.45. The second-order valence-corrected chi connectivity index (χ2v) is 8.61. The summed E-state index contributed by atoms with van der Waals surface area (Å²) in [5.74, 6) is -0.318. The predicted molar refractivity (Wildman–Crippen MR) is 140 cm³/mol. The van der Waals surface area contributed by atoms with E-state index in [9.17, 15) is 14.9 Å². The van der Waals surface area contributed by atoms with Gasteiger partial charge in [-0.15, -0.1) is 0 Å². The van der Waals surface area contributed by atoms with Crippen molar-refractivity contribution in [2.45, 2.75) is 6.92 Å². The summed E-state index contributed by atoms with van der Waals surface area (Å²) < 4.78 is 11.6. The van der Waals surface area contributed by atoms with Gasteiger partial charge in [0.1, 0.15) is 11.6 Å². The van der Waals surface area contributed by atoms with Crippen LogP contribution < -0.4 is 20.1 Å². The number of halogens is 2. The number of nitriles is 1. The van der Waals surface area contributed by atoms with E-state index in [-0.39, 0.29) is 18.1 Å². The smallest absolute Gasteiger partial charge is 0.266 e. The zero-order chi connectivity index (χ0) is 25.4. The molecule has 3 aromatic carbocycles. The van der Waals surface area contributed by atoms with Gasteiger partial charge in [0.2, 0.25) is 0 Å². The van der Waals surface area contributed by atoms with Gasteiger partial charge in [-0.1, -0.05) is 35.9 Å². The van der Waals surface area contributed by atoms with Crippen molar-refractivity contribution in [1.82, 2.24) is 0 Å². The van der Waals surface area contributed by atoms with Crippen molar-refractivity contribution in [3.05, 3.63) is 86.9 Å². The van der Waals surface area contributed by atoms with E-state index in [2.05, 4.69) is 26.6 Å². The first kappa shape index (κ1) is 25.8. The van der Waals surface area contributed by atoms with Gasteiger partial charge < -0.3 is 20.1 Å². The highest BCUT2D eigenvalue weighted by atomic mass is 79.9. The maximum Gasteiger partial charge on any atom is 0.266 e. The monoisotopic (exact) mass is 553 g/mol. The number of aryl methyl sites for hydroxylation is 1. The van der Waals surface area contributed by atoms with Crippen LogP contribution in [0.4, 0.5) is 11.4 Å². The van der Waals surface area contributed by atoms with Crippen molar-refractivity contribution in [3.8, 4) is 17.6 Å². The highest BCUT2D eigenvalue weighted by Gasteiger charge is 2.16. The Morgan fingerprint density at radius 1 is 1.11 bits per heavy atom. The third-order valence-electron chi connectivity index (χ3n) is 4.70. The van der Waals surface area contributed by atoms with E-state index in [0.717, 1.165) is 5.56 Å². The lowest BCUT2D eigenvalue weighted by atomic mass is 10.1. The average Bonchev–Trinajstić information content (AvgIpc) is 2.82. The van der Waals surface area contributed by atoms with Crippen LogP contribution in [0.25, 0.3) is 6.08 Å². The van der Waals surface area contributed by atoms with Gasteiger partial charge in [0.05, 0.1) is 22.3 Å². The summed E-state index contributed by atoms with van der Waals surface area (Å²) in [6, 6.07) is 19.3. The van der Waals surface area contributed by atoms with E-state index < -0.39 is 5.91 Å².